The Labute approximate surface area is 197 Å². The van der Waals surface area contributed by atoms with Gasteiger partial charge in [0.2, 0.25) is 0 Å². The largest absolute Gasteiger partial charge is 0.493 e. The molecule has 0 bridgehead atoms. The third-order valence-corrected chi connectivity index (χ3v) is 8.00. The van der Waals surface area contributed by atoms with Crippen LogP contribution in [0, 0.1) is 11.6 Å². The molecule has 0 aromatic heterocycles. The van der Waals surface area contributed by atoms with E-state index in [0.29, 0.717) is 6.04 Å². The molecule has 2 aromatic rings. The molecule has 6 nitrogen and oxygen atoms in total. The van der Waals surface area contributed by atoms with Crippen LogP contribution in [0.5, 0.6) is 11.5 Å². The van der Waals surface area contributed by atoms with Gasteiger partial charge in [0, 0.05) is 22.8 Å². The van der Waals surface area contributed by atoms with Crippen molar-refractivity contribution in [1.29, 1.82) is 0 Å². The molecule has 3 atom stereocenters. The van der Waals surface area contributed by atoms with Gasteiger partial charge in [-0.3, -0.25) is 4.72 Å². The Morgan fingerprint density at radius 3 is 2.67 bits per heavy atom. The van der Waals surface area contributed by atoms with Crippen molar-refractivity contribution in [1.82, 2.24) is 9.62 Å². The second-order valence-corrected chi connectivity index (χ2v) is 9.77. The highest BCUT2D eigenvalue weighted by atomic mass is 32.2. The number of urea groups is 1. The number of rotatable bonds is 6. The molecule has 2 aliphatic rings. The molecule has 2 amide bonds. The zero-order valence-corrected chi connectivity index (χ0v) is 19.8. The first kappa shape index (κ1) is 23.6. The quantitative estimate of drug-likeness (QED) is 0.577. The minimum absolute atomic E-state index is 0.0261. The maximum Gasteiger partial charge on any atom is 0.329 e. The second kappa shape index (κ2) is 9.77. The van der Waals surface area contributed by atoms with Gasteiger partial charge in [-0.15, -0.1) is 0 Å². The predicted octanol–water partition coefficient (Wildman–Crippen LogP) is 4.95. The fraction of sp³-hybridized carbons (Fsp3) is 0.458. The van der Waals surface area contributed by atoms with Crippen LogP contribution in [-0.2, 0) is 5.41 Å². The van der Waals surface area contributed by atoms with Crippen molar-refractivity contribution in [2.24, 2.45) is 0 Å². The molecule has 2 aromatic carbocycles. The Morgan fingerprint density at radius 2 is 1.91 bits per heavy atom. The number of ether oxygens (including phenoxy) is 2. The van der Waals surface area contributed by atoms with Crippen molar-refractivity contribution >= 4 is 23.7 Å². The average molecular weight is 478 g/mol. The van der Waals surface area contributed by atoms with Gasteiger partial charge in [0.05, 0.1) is 19.9 Å². The summed E-state index contributed by atoms with van der Waals surface area (Å²) in [4.78, 5) is 14.7. The summed E-state index contributed by atoms with van der Waals surface area (Å²) in [6.45, 7) is 1.00. The molecule has 4 rings (SSSR count). The second-order valence-electron chi connectivity index (χ2n) is 8.67. The number of benzene rings is 2. The maximum absolute atomic E-state index is 13.8. The molecular formula is C24H29F2N3O3S. The van der Waals surface area contributed by atoms with Crippen LogP contribution in [-0.4, -0.2) is 50.0 Å². The smallest absolute Gasteiger partial charge is 0.329 e. The molecular weight excluding hydrogens is 448 g/mol. The summed E-state index contributed by atoms with van der Waals surface area (Å²) in [5, 5.41) is 2.60. The van der Waals surface area contributed by atoms with Gasteiger partial charge in [-0.05, 0) is 81.1 Å². The maximum atomic E-state index is 13.8. The zero-order chi connectivity index (χ0) is 23.6. The normalized spacial score (nSPS) is 24.8. The van der Waals surface area contributed by atoms with Gasteiger partial charge in [0.1, 0.15) is 11.6 Å². The lowest BCUT2D eigenvalue weighted by Gasteiger charge is -2.44. The number of amides is 2. The van der Waals surface area contributed by atoms with E-state index in [1.54, 1.807) is 14.2 Å². The van der Waals surface area contributed by atoms with Crippen molar-refractivity contribution in [3.63, 3.8) is 0 Å². The van der Waals surface area contributed by atoms with E-state index in [1.807, 2.05) is 6.07 Å². The highest BCUT2D eigenvalue weighted by Gasteiger charge is 2.50. The molecule has 2 fully saturated rings. The molecule has 1 saturated heterocycles. The van der Waals surface area contributed by atoms with Crippen molar-refractivity contribution < 1.29 is 23.0 Å². The minimum Gasteiger partial charge on any atom is -0.493 e. The SMILES string of the molecule is COc1ccc(C23CCC(SNC(=O)Nc4cc(F)ccc4F)CC2N(C)CC3)cc1OC. The minimum atomic E-state index is -0.679. The fourth-order valence-electron chi connectivity index (χ4n) is 5.21. The summed E-state index contributed by atoms with van der Waals surface area (Å²) in [5.41, 5.74) is 1.10. The number of carbonyl (C=O) groups excluding carboxylic acids is 1. The molecule has 1 saturated carbocycles. The van der Waals surface area contributed by atoms with E-state index in [-0.39, 0.29) is 16.4 Å². The summed E-state index contributed by atoms with van der Waals surface area (Å²) in [6.07, 6.45) is 3.88. The van der Waals surface area contributed by atoms with Crippen LogP contribution in [0.1, 0.15) is 31.2 Å². The summed E-state index contributed by atoms with van der Waals surface area (Å²) in [7, 11) is 5.43. The number of hydrogen-bond donors (Lipinski definition) is 2. The fourth-order valence-corrected chi connectivity index (χ4v) is 6.05. The molecule has 0 spiro atoms. The number of methoxy groups -OCH3 is 2. The average Bonchev–Trinajstić information content (AvgIpc) is 3.16. The Bertz CT molecular complexity index is 1020. The molecule has 1 aliphatic carbocycles. The van der Waals surface area contributed by atoms with Gasteiger partial charge in [0.15, 0.2) is 11.5 Å². The molecule has 1 aliphatic heterocycles. The van der Waals surface area contributed by atoms with Crippen molar-refractivity contribution in [3.05, 3.63) is 53.6 Å². The van der Waals surface area contributed by atoms with Crippen molar-refractivity contribution in [2.45, 2.75) is 42.4 Å². The Kier molecular flexibility index (Phi) is 6.99. The van der Waals surface area contributed by atoms with Gasteiger partial charge in [-0.2, -0.15) is 0 Å². The van der Waals surface area contributed by atoms with E-state index in [0.717, 1.165) is 61.9 Å². The highest BCUT2D eigenvalue weighted by Crippen LogP contribution is 2.51. The summed E-state index contributed by atoms with van der Waals surface area (Å²) < 4.78 is 40.8. The predicted molar refractivity (Wildman–Crippen MR) is 126 cm³/mol. The number of anilines is 1. The van der Waals surface area contributed by atoms with E-state index < -0.39 is 17.7 Å². The van der Waals surface area contributed by atoms with Crippen LogP contribution in [0.2, 0.25) is 0 Å². The lowest BCUT2D eigenvalue weighted by atomic mass is 9.66. The van der Waals surface area contributed by atoms with Crippen LogP contribution < -0.4 is 19.5 Å². The first-order valence-corrected chi connectivity index (χ1v) is 11.8. The van der Waals surface area contributed by atoms with Gasteiger partial charge in [-0.1, -0.05) is 6.07 Å². The van der Waals surface area contributed by atoms with Crippen LogP contribution in [0.4, 0.5) is 19.3 Å². The van der Waals surface area contributed by atoms with Crippen LogP contribution in [0.3, 0.4) is 0 Å². The van der Waals surface area contributed by atoms with E-state index in [1.165, 1.54) is 17.5 Å². The third-order valence-electron chi connectivity index (χ3n) is 6.93. The van der Waals surface area contributed by atoms with Crippen molar-refractivity contribution in [2.75, 3.05) is 33.1 Å². The van der Waals surface area contributed by atoms with E-state index in [2.05, 4.69) is 34.1 Å². The summed E-state index contributed by atoms with van der Waals surface area (Å²) >= 11 is 1.34. The standard InChI is InChI=1S/C24H29F2N3O3S/c1-29-11-10-24(15-4-7-20(31-2)21(12-15)32-3)9-8-17(14-22(24)29)33-28-23(30)27-19-13-16(25)5-6-18(19)26/h4-7,12-13,17,22H,8-11,14H2,1-3H3,(H2,27,28,30). The Hall–Kier alpha value is -2.52. The topological polar surface area (TPSA) is 62.8 Å². The number of hydrogen-bond acceptors (Lipinski definition) is 5. The first-order valence-electron chi connectivity index (χ1n) is 11.0. The van der Waals surface area contributed by atoms with Crippen LogP contribution >= 0.6 is 11.9 Å². The van der Waals surface area contributed by atoms with Gasteiger partial charge in [-0.25, -0.2) is 13.6 Å². The number of nitrogens with one attached hydrogen (secondary N) is 2. The lowest BCUT2D eigenvalue weighted by molar-refractivity contribution is 0.185. The highest BCUT2D eigenvalue weighted by molar-refractivity contribution is 7.98. The van der Waals surface area contributed by atoms with E-state index >= 15 is 0 Å². The van der Waals surface area contributed by atoms with Gasteiger partial charge >= 0.3 is 6.03 Å². The molecule has 0 radical (unpaired) electrons. The molecule has 1 heterocycles. The number of likely N-dealkylation sites (N-methyl/N-ethyl adjacent to an activating group) is 1. The zero-order valence-electron chi connectivity index (χ0n) is 19.0. The number of likely N-dealkylation sites (tertiary alicyclic amines) is 1. The number of halogens is 2. The molecule has 9 heteroatoms. The molecule has 2 N–H and O–H groups in total. The van der Waals surface area contributed by atoms with E-state index in [4.69, 9.17) is 9.47 Å². The molecule has 33 heavy (non-hydrogen) atoms. The Balaban J connectivity index is 1.42. The van der Waals surface area contributed by atoms with Gasteiger partial charge in [0.25, 0.3) is 0 Å². The van der Waals surface area contributed by atoms with Crippen LogP contribution in [0.15, 0.2) is 36.4 Å². The van der Waals surface area contributed by atoms with Crippen molar-refractivity contribution in [3.8, 4) is 11.5 Å². The number of fused-ring (bicyclic) bond motifs is 1. The Morgan fingerprint density at radius 1 is 1.12 bits per heavy atom. The number of nitrogens with zero attached hydrogens (tertiary/aromatic N) is 1. The van der Waals surface area contributed by atoms with Crippen LogP contribution in [0.25, 0.3) is 0 Å². The molecule has 3 unspecified atom stereocenters. The molecule has 178 valence electrons. The monoisotopic (exact) mass is 477 g/mol. The lowest BCUT2D eigenvalue weighted by Crippen LogP contribution is -2.47. The van der Waals surface area contributed by atoms with E-state index in [9.17, 15) is 13.6 Å². The third kappa shape index (κ3) is 4.75. The number of carbonyl (C=O) groups is 1. The summed E-state index contributed by atoms with van der Waals surface area (Å²) in [5.74, 6) is 0.163. The van der Waals surface area contributed by atoms with Gasteiger partial charge < -0.3 is 19.7 Å². The summed E-state index contributed by atoms with van der Waals surface area (Å²) in [6, 6.07) is 8.92. The first-order chi connectivity index (χ1) is 15.9.